The lowest BCUT2D eigenvalue weighted by Gasteiger charge is -2.32. The van der Waals surface area contributed by atoms with Crippen LogP contribution in [0.4, 0.5) is 0 Å². The number of benzene rings is 1. The maximum atomic E-state index is 11.3. The molecule has 1 aromatic heterocycles. The van der Waals surface area contributed by atoms with E-state index in [0.717, 1.165) is 16.6 Å². The highest BCUT2D eigenvalue weighted by Gasteiger charge is 2.52. The van der Waals surface area contributed by atoms with Crippen LogP contribution in [-0.4, -0.2) is 40.9 Å². The lowest BCUT2D eigenvalue weighted by Crippen LogP contribution is -2.41. The molecule has 25 heavy (non-hydrogen) atoms. The average molecular weight is 342 g/mol. The van der Waals surface area contributed by atoms with Gasteiger partial charge in [-0.25, -0.2) is 4.79 Å². The molecule has 0 bridgehead atoms. The van der Waals surface area contributed by atoms with E-state index in [0.29, 0.717) is 5.39 Å². The molecular weight excluding hydrogens is 319 g/mol. The number of carboxylic acids is 1. The number of H-pyrrole nitrogens is 1. The Balaban J connectivity index is 1.97. The van der Waals surface area contributed by atoms with Gasteiger partial charge in [-0.15, -0.1) is 0 Å². The van der Waals surface area contributed by atoms with E-state index in [1.807, 2.05) is 52.0 Å². The van der Waals surface area contributed by atoms with E-state index in [1.54, 1.807) is 0 Å². The van der Waals surface area contributed by atoms with Gasteiger partial charge < -0.3 is 25.1 Å². The van der Waals surface area contributed by atoms with Crippen LogP contribution in [0, 0.1) is 0 Å². The number of aromatic nitrogens is 1. The zero-order chi connectivity index (χ0) is 18.4. The van der Waals surface area contributed by atoms with E-state index in [1.165, 1.54) is 6.20 Å². The van der Waals surface area contributed by atoms with Gasteiger partial charge >= 0.3 is 13.1 Å². The van der Waals surface area contributed by atoms with Crippen molar-refractivity contribution in [2.75, 3.05) is 6.54 Å². The third-order valence-electron chi connectivity index (χ3n) is 5.08. The molecule has 0 radical (unpaired) electrons. The van der Waals surface area contributed by atoms with Crippen LogP contribution in [0.1, 0.15) is 43.6 Å². The van der Waals surface area contributed by atoms with Crippen molar-refractivity contribution in [3.05, 3.63) is 41.0 Å². The van der Waals surface area contributed by atoms with Gasteiger partial charge in [-0.1, -0.05) is 12.1 Å². The maximum absolute atomic E-state index is 11.3. The van der Waals surface area contributed by atoms with Gasteiger partial charge in [-0.05, 0) is 50.9 Å². The molecule has 0 spiro atoms. The molecule has 1 fully saturated rings. The molecule has 2 heterocycles. The molecule has 6 nitrogen and oxygen atoms in total. The number of nitrogens with two attached hydrogens (primary N) is 1. The van der Waals surface area contributed by atoms with Crippen LogP contribution in [0.5, 0.6) is 0 Å². The molecule has 4 N–H and O–H groups in total. The van der Waals surface area contributed by atoms with E-state index in [4.69, 9.17) is 15.0 Å². The van der Waals surface area contributed by atoms with E-state index in [2.05, 4.69) is 4.98 Å². The quantitative estimate of drug-likeness (QED) is 0.743. The Kier molecular flexibility index (Phi) is 4.27. The second-order valence-electron chi connectivity index (χ2n) is 7.32. The van der Waals surface area contributed by atoms with Crippen LogP contribution in [0.2, 0.25) is 0 Å². The molecule has 2 aromatic rings. The van der Waals surface area contributed by atoms with Crippen molar-refractivity contribution in [2.24, 2.45) is 5.73 Å². The monoisotopic (exact) mass is 342 g/mol. The van der Waals surface area contributed by atoms with Gasteiger partial charge in [-0.2, -0.15) is 0 Å². The van der Waals surface area contributed by atoms with Crippen molar-refractivity contribution in [1.82, 2.24) is 4.98 Å². The van der Waals surface area contributed by atoms with Crippen molar-refractivity contribution in [3.63, 3.8) is 0 Å². The van der Waals surface area contributed by atoms with Gasteiger partial charge in [0.25, 0.3) is 0 Å². The van der Waals surface area contributed by atoms with Gasteiger partial charge in [0.15, 0.2) is 0 Å². The van der Waals surface area contributed by atoms with Crippen LogP contribution in [0.25, 0.3) is 17.0 Å². The van der Waals surface area contributed by atoms with Crippen molar-refractivity contribution in [1.29, 1.82) is 0 Å². The number of hydrogen-bond donors (Lipinski definition) is 3. The van der Waals surface area contributed by atoms with E-state index < -0.39 is 24.3 Å². The third kappa shape index (κ3) is 3.10. The molecule has 7 heteroatoms. The van der Waals surface area contributed by atoms with Crippen molar-refractivity contribution < 1.29 is 19.2 Å². The van der Waals surface area contributed by atoms with E-state index in [-0.39, 0.29) is 12.1 Å². The van der Waals surface area contributed by atoms with Crippen LogP contribution in [0.3, 0.4) is 0 Å². The Labute approximate surface area is 147 Å². The van der Waals surface area contributed by atoms with Crippen molar-refractivity contribution in [3.8, 4) is 0 Å². The Hall–Kier alpha value is -2.09. The minimum absolute atomic E-state index is 0.246. The molecule has 1 aliphatic rings. The minimum atomic E-state index is -0.961. The lowest BCUT2D eigenvalue weighted by atomic mass is 9.77. The van der Waals surface area contributed by atoms with Gasteiger partial charge in [0.2, 0.25) is 0 Å². The van der Waals surface area contributed by atoms with Gasteiger partial charge in [0, 0.05) is 23.6 Å². The highest BCUT2D eigenvalue weighted by molar-refractivity contribution is 6.55. The molecule has 0 amide bonds. The summed E-state index contributed by atoms with van der Waals surface area (Å²) in [5.41, 5.74) is 7.73. The summed E-state index contributed by atoms with van der Waals surface area (Å²) >= 11 is 0. The summed E-state index contributed by atoms with van der Waals surface area (Å²) in [6.45, 7) is 8.25. The summed E-state index contributed by atoms with van der Waals surface area (Å²) in [4.78, 5) is 14.3. The zero-order valence-corrected chi connectivity index (χ0v) is 14.9. The van der Waals surface area contributed by atoms with Crippen molar-refractivity contribution in [2.45, 2.75) is 38.9 Å². The molecule has 0 aliphatic carbocycles. The summed E-state index contributed by atoms with van der Waals surface area (Å²) < 4.78 is 12.1. The van der Waals surface area contributed by atoms with E-state index >= 15 is 0 Å². The van der Waals surface area contributed by atoms with E-state index in [9.17, 15) is 9.90 Å². The largest absolute Gasteiger partial charge is 0.491 e. The average Bonchev–Trinajstić information content (AvgIpc) is 3.02. The molecule has 1 aromatic carbocycles. The summed E-state index contributed by atoms with van der Waals surface area (Å²) in [5, 5.41) is 9.94. The molecule has 0 saturated carbocycles. The molecule has 0 atom stereocenters. The molecule has 0 unspecified atom stereocenters. The van der Waals surface area contributed by atoms with Gasteiger partial charge in [-0.3, -0.25) is 0 Å². The lowest BCUT2D eigenvalue weighted by molar-refractivity contribution is 0.00578. The predicted octanol–water partition coefficient (Wildman–Crippen LogP) is 2.84. The first-order valence-electron chi connectivity index (χ1n) is 8.25. The minimum Gasteiger partial charge on any atom is -0.478 e. The number of aromatic amines is 1. The highest BCUT2D eigenvalue weighted by atomic mass is 16.7. The van der Waals surface area contributed by atoms with Crippen LogP contribution >= 0.6 is 0 Å². The SMILES string of the molecule is CC1(C)OB(C(=Cc2ccc3[nH]cc(C(=O)O)c3c2)CN)OC1(C)C. The van der Waals surface area contributed by atoms with Crippen molar-refractivity contribution >= 4 is 30.1 Å². The number of rotatable bonds is 4. The Bertz CT molecular complexity index is 838. The summed E-state index contributed by atoms with van der Waals surface area (Å²) in [6, 6.07) is 5.59. The molecular formula is C18H23BN2O4. The number of carbonyl (C=O) groups is 1. The smallest absolute Gasteiger partial charge is 0.478 e. The molecule has 132 valence electrons. The third-order valence-corrected chi connectivity index (χ3v) is 5.08. The number of hydrogen-bond acceptors (Lipinski definition) is 4. The number of nitrogens with one attached hydrogen (secondary N) is 1. The van der Waals surface area contributed by atoms with Crippen LogP contribution in [-0.2, 0) is 9.31 Å². The summed E-state index contributed by atoms with van der Waals surface area (Å²) in [6.07, 6.45) is 3.40. The zero-order valence-electron chi connectivity index (χ0n) is 14.9. The topological polar surface area (TPSA) is 97.6 Å². The second-order valence-corrected chi connectivity index (χ2v) is 7.32. The number of carboxylic acid groups (broad SMARTS) is 1. The summed E-state index contributed by atoms with van der Waals surface area (Å²) in [7, 11) is -0.518. The second kappa shape index (κ2) is 6.02. The van der Waals surface area contributed by atoms with Crippen LogP contribution < -0.4 is 5.73 Å². The maximum Gasteiger partial charge on any atom is 0.491 e. The predicted molar refractivity (Wildman–Crippen MR) is 98.4 cm³/mol. The normalized spacial score (nSPS) is 19.6. The van der Waals surface area contributed by atoms with Gasteiger partial charge in [0.05, 0.1) is 16.8 Å². The molecule has 1 saturated heterocycles. The number of aromatic carboxylic acids is 1. The fraction of sp³-hybridized carbons (Fsp3) is 0.389. The Morgan fingerprint density at radius 3 is 2.48 bits per heavy atom. The van der Waals surface area contributed by atoms with Gasteiger partial charge in [0.1, 0.15) is 0 Å². The first-order chi connectivity index (χ1) is 11.6. The number of fused-ring (bicyclic) bond motifs is 1. The van der Waals surface area contributed by atoms with Crippen LogP contribution in [0.15, 0.2) is 29.9 Å². The fourth-order valence-electron chi connectivity index (χ4n) is 2.84. The Morgan fingerprint density at radius 1 is 1.28 bits per heavy atom. The molecule has 1 aliphatic heterocycles. The first kappa shape index (κ1) is 17.7. The molecule has 3 rings (SSSR count). The standard InChI is InChI=1S/C18H23BN2O4/c1-17(2)18(3,4)25-19(24-17)12(9-20)7-11-5-6-15-13(8-11)14(10-21-15)16(22)23/h5-8,10,21H,9,20H2,1-4H3,(H,22,23). The first-order valence-corrected chi connectivity index (χ1v) is 8.25. The fourth-order valence-corrected chi connectivity index (χ4v) is 2.84. The highest BCUT2D eigenvalue weighted by Crippen LogP contribution is 2.38. The summed E-state index contributed by atoms with van der Waals surface area (Å²) in [5.74, 6) is -0.961. The Morgan fingerprint density at radius 2 is 1.92 bits per heavy atom.